The Morgan fingerprint density at radius 2 is 2.15 bits per heavy atom. The minimum atomic E-state index is -3.88. The number of rotatable bonds is 4. The van der Waals surface area contributed by atoms with Crippen molar-refractivity contribution in [2.45, 2.75) is 24.3 Å². The summed E-state index contributed by atoms with van der Waals surface area (Å²) in [6, 6.07) is 4.12. The molecular formula is C12H17N3O4S. The molecule has 0 aromatic heterocycles. The minimum absolute atomic E-state index is 0.167. The fourth-order valence-electron chi connectivity index (χ4n) is 2.41. The van der Waals surface area contributed by atoms with Crippen molar-refractivity contribution in [2.75, 3.05) is 20.1 Å². The average molecular weight is 299 g/mol. The first-order valence-electron chi connectivity index (χ1n) is 6.28. The second kappa shape index (κ2) is 5.47. The normalized spacial score (nSPS) is 19.4. The van der Waals surface area contributed by atoms with Crippen LogP contribution in [0.15, 0.2) is 23.1 Å². The maximum absolute atomic E-state index is 12.7. The number of sulfonamides is 1. The first-order chi connectivity index (χ1) is 9.35. The number of nitro groups is 1. The molecule has 1 saturated heterocycles. The monoisotopic (exact) mass is 299 g/mol. The number of nitrogens with one attached hydrogen (secondary N) is 1. The van der Waals surface area contributed by atoms with Crippen molar-refractivity contribution in [3.8, 4) is 0 Å². The van der Waals surface area contributed by atoms with E-state index in [4.69, 9.17) is 0 Å². The van der Waals surface area contributed by atoms with E-state index in [-0.39, 0.29) is 16.6 Å². The third-order valence-corrected chi connectivity index (χ3v) is 5.68. The molecule has 1 aliphatic heterocycles. The molecule has 0 aliphatic carbocycles. The van der Waals surface area contributed by atoms with E-state index in [9.17, 15) is 18.5 Å². The quantitative estimate of drug-likeness (QED) is 0.658. The van der Waals surface area contributed by atoms with Crippen molar-refractivity contribution in [2.24, 2.45) is 0 Å². The lowest BCUT2D eigenvalue weighted by molar-refractivity contribution is -0.387. The standard InChI is InChI=1S/C12H17N3O4S/c1-9-4-3-5-11(15(16)17)12(9)20(18,19)14(2)10-6-7-13-8-10/h3-5,10,13H,6-8H2,1-2H3. The van der Waals surface area contributed by atoms with E-state index in [1.807, 2.05) is 0 Å². The molecule has 7 nitrogen and oxygen atoms in total. The lowest BCUT2D eigenvalue weighted by atomic mass is 10.2. The van der Waals surface area contributed by atoms with Crippen molar-refractivity contribution >= 4 is 15.7 Å². The molecule has 20 heavy (non-hydrogen) atoms. The van der Waals surface area contributed by atoms with Gasteiger partial charge in [0.1, 0.15) is 0 Å². The third-order valence-electron chi connectivity index (χ3n) is 3.57. The lowest BCUT2D eigenvalue weighted by Gasteiger charge is -2.23. The van der Waals surface area contributed by atoms with Crippen molar-refractivity contribution in [1.29, 1.82) is 0 Å². The van der Waals surface area contributed by atoms with Crippen LogP contribution >= 0.6 is 0 Å². The van der Waals surface area contributed by atoms with Crippen LogP contribution in [0.25, 0.3) is 0 Å². The maximum atomic E-state index is 12.7. The zero-order valence-corrected chi connectivity index (χ0v) is 12.2. The highest BCUT2D eigenvalue weighted by atomic mass is 32.2. The molecule has 8 heteroatoms. The van der Waals surface area contributed by atoms with Crippen LogP contribution in [0, 0.1) is 17.0 Å². The van der Waals surface area contributed by atoms with Gasteiger partial charge in [-0.2, -0.15) is 4.31 Å². The van der Waals surface area contributed by atoms with E-state index in [0.29, 0.717) is 18.5 Å². The summed E-state index contributed by atoms with van der Waals surface area (Å²) in [4.78, 5) is 10.2. The molecule has 1 aromatic rings. The molecule has 0 radical (unpaired) electrons. The van der Waals surface area contributed by atoms with Gasteiger partial charge in [0, 0.05) is 25.7 Å². The van der Waals surface area contributed by atoms with E-state index in [1.54, 1.807) is 13.0 Å². The molecule has 2 rings (SSSR count). The number of hydrogen-bond acceptors (Lipinski definition) is 5. The van der Waals surface area contributed by atoms with Crippen LogP contribution in [-0.4, -0.2) is 43.8 Å². The number of hydrogen-bond donors (Lipinski definition) is 1. The number of nitrogens with zero attached hydrogens (tertiary/aromatic N) is 2. The zero-order valence-electron chi connectivity index (χ0n) is 11.4. The van der Waals surface area contributed by atoms with E-state index in [1.165, 1.54) is 23.5 Å². The Kier molecular flexibility index (Phi) is 4.07. The van der Waals surface area contributed by atoms with Crippen LogP contribution in [-0.2, 0) is 10.0 Å². The summed E-state index contributed by atoms with van der Waals surface area (Å²) in [5, 5.41) is 14.2. The molecule has 1 unspecified atom stereocenters. The predicted octanol–water partition coefficient (Wildman–Crippen LogP) is 0.886. The van der Waals surface area contributed by atoms with Crippen LogP contribution < -0.4 is 5.32 Å². The first kappa shape index (κ1) is 14.9. The van der Waals surface area contributed by atoms with Gasteiger partial charge in [-0.1, -0.05) is 12.1 Å². The highest BCUT2D eigenvalue weighted by Crippen LogP contribution is 2.30. The summed E-state index contributed by atoms with van der Waals surface area (Å²) in [5.74, 6) is 0. The zero-order chi connectivity index (χ0) is 14.9. The highest BCUT2D eigenvalue weighted by molar-refractivity contribution is 7.89. The van der Waals surface area contributed by atoms with Crippen molar-refractivity contribution in [3.05, 3.63) is 33.9 Å². The highest BCUT2D eigenvalue weighted by Gasteiger charge is 2.35. The summed E-state index contributed by atoms with van der Waals surface area (Å²) in [6.45, 7) is 2.89. The van der Waals surface area contributed by atoms with Crippen LogP contribution in [0.4, 0.5) is 5.69 Å². The average Bonchev–Trinajstić information content (AvgIpc) is 2.90. The van der Waals surface area contributed by atoms with E-state index >= 15 is 0 Å². The Morgan fingerprint density at radius 1 is 1.45 bits per heavy atom. The molecule has 1 aromatic carbocycles. The summed E-state index contributed by atoms with van der Waals surface area (Å²) in [5.41, 5.74) is 0.0137. The van der Waals surface area contributed by atoms with E-state index in [0.717, 1.165) is 6.54 Å². The molecule has 110 valence electrons. The number of aryl methyl sites for hydroxylation is 1. The summed E-state index contributed by atoms with van der Waals surface area (Å²) in [6.07, 6.45) is 0.704. The Morgan fingerprint density at radius 3 is 2.70 bits per heavy atom. The number of benzene rings is 1. The predicted molar refractivity (Wildman–Crippen MR) is 74.1 cm³/mol. The van der Waals surface area contributed by atoms with Gasteiger partial charge in [-0.05, 0) is 25.5 Å². The smallest absolute Gasteiger partial charge is 0.289 e. The van der Waals surface area contributed by atoms with Gasteiger partial charge in [-0.15, -0.1) is 0 Å². The van der Waals surface area contributed by atoms with Gasteiger partial charge in [0.15, 0.2) is 4.90 Å². The first-order valence-corrected chi connectivity index (χ1v) is 7.72. The molecule has 1 fully saturated rings. The summed E-state index contributed by atoms with van der Waals surface area (Å²) in [7, 11) is -2.40. The van der Waals surface area contributed by atoms with E-state index < -0.39 is 14.9 Å². The lowest BCUT2D eigenvalue weighted by Crippen LogP contribution is -2.38. The molecule has 1 atom stereocenters. The number of nitro benzene ring substituents is 1. The second-order valence-corrected chi connectivity index (χ2v) is 6.78. The van der Waals surface area contributed by atoms with Crippen molar-refractivity contribution < 1.29 is 13.3 Å². The van der Waals surface area contributed by atoms with Crippen LogP contribution in [0.2, 0.25) is 0 Å². The SMILES string of the molecule is Cc1cccc([N+](=O)[O-])c1S(=O)(=O)N(C)C1CCNC1. The third kappa shape index (κ3) is 2.54. The summed E-state index contributed by atoms with van der Waals surface area (Å²) < 4.78 is 26.6. The Balaban J connectivity index is 2.51. The number of likely N-dealkylation sites (N-methyl/N-ethyl adjacent to an activating group) is 1. The van der Waals surface area contributed by atoms with Crippen LogP contribution in [0.1, 0.15) is 12.0 Å². The van der Waals surface area contributed by atoms with Gasteiger partial charge in [0.05, 0.1) is 4.92 Å². The Hall–Kier alpha value is -1.51. The van der Waals surface area contributed by atoms with Crippen molar-refractivity contribution in [1.82, 2.24) is 9.62 Å². The molecule has 0 spiro atoms. The molecule has 1 heterocycles. The van der Waals surface area contributed by atoms with Gasteiger partial charge in [0.25, 0.3) is 5.69 Å². The van der Waals surface area contributed by atoms with Gasteiger partial charge in [0.2, 0.25) is 10.0 Å². The maximum Gasteiger partial charge on any atom is 0.289 e. The van der Waals surface area contributed by atoms with Gasteiger partial charge in [-0.25, -0.2) is 8.42 Å². The molecule has 1 aliphatic rings. The Bertz CT molecular complexity index is 624. The molecule has 0 saturated carbocycles. The topological polar surface area (TPSA) is 92.5 Å². The molecule has 0 bridgehead atoms. The van der Waals surface area contributed by atoms with Crippen LogP contribution in [0.5, 0.6) is 0 Å². The molecule has 0 amide bonds. The summed E-state index contributed by atoms with van der Waals surface area (Å²) >= 11 is 0. The fourth-order valence-corrected chi connectivity index (χ4v) is 4.15. The van der Waals surface area contributed by atoms with Crippen molar-refractivity contribution in [3.63, 3.8) is 0 Å². The fraction of sp³-hybridized carbons (Fsp3) is 0.500. The molecular weight excluding hydrogens is 282 g/mol. The second-order valence-electron chi connectivity index (χ2n) is 4.85. The molecule has 1 N–H and O–H groups in total. The Labute approximate surface area is 117 Å². The minimum Gasteiger partial charge on any atom is -0.315 e. The van der Waals surface area contributed by atoms with Gasteiger partial charge >= 0.3 is 0 Å². The van der Waals surface area contributed by atoms with E-state index in [2.05, 4.69) is 5.32 Å². The largest absolute Gasteiger partial charge is 0.315 e. The van der Waals surface area contributed by atoms with Gasteiger partial charge < -0.3 is 5.32 Å². The van der Waals surface area contributed by atoms with Gasteiger partial charge in [-0.3, -0.25) is 10.1 Å². The van der Waals surface area contributed by atoms with Crippen LogP contribution in [0.3, 0.4) is 0 Å².